The molecule has 0 radical (unpaired) electrons. The Balaban J connectivity index is 1.38. The summed E-state index contributed by atoms with van der Waals surface area (Å²) < 4.78 is 30.5. The first-order chi connectivity index (χ1) is 19.8. The summed E-state index contributed by atoms with van der Waals surface area (Å²) in [6.07, 6.45) is 5.74. The average Bonchev–Trinajstić information content (AvgIpc) is 3.32. The third-order valence-corrected chi connectivity index (χ3v) is 8.79. The van der Waals surface area contributed by atoms with E-state index in [0.717, 1.165) is 68.3 Å². The first-order valence-electron chi connectivity index (χ1n) is 15.1. The lowest BCUT2D eigenvalue weighted by molar-refractivity contribution is -0.147. The van der Waals surface area contributed by atoms with Gasteiger partial charge in [0, 0.05) is 25.6 Å². The number of halogens is 1. The molecular weight excluding hydrogens is 523 g/mol. The fourth-order valence-electron chi connectivity index (χ4n) is 6.40. The van der Waals surface area contributed by atoms with E-state index >= 15 is 0 Å². The van der Waals surface area contributed by atoms with Gasteiger partial charge in [0.25, 0.3) is 0 Å². The first-order valence-corrected chi connectivity index (χ1v) is 15.1. The van der Waals surface area contributed by atoms with Crippen LogP contribution in [0.3, 0.4) is 0 Å². The van der Waals surface area contributed by atoms with Gasteiger partial charge in [0.05, 0.1) is 31.8 Å². The number of carbonyl (C=O) groups is 2. The summed E-state index contributed by atoms with van der Waals surface area (Å²) in [5.41, 5.74) is 2.67. The van der Waals surface area contributed by atoms with Gasteiger partial charge in [-0.05, 0) is 99.7 Å². The van der Waals surface area contributed by atoms with Gasteiger partial charge in [-0.3, -0.25) is 9.59 Å². The van der Waals surface area contributed by atoms with E-state index in [4.69, 9.17) is 14.2 Å². The van der Waals surface area contributed by atoms with Gasteiger partial charge in [0.1, 0.15) is 17.3 Å². The highest BCUT2D eigenvalue weighted by molar-refractivity contribution is 5.80. The largest absolute Gasteiger partial charge is 0.493 e. The molecule has 1 aliphatic carbocycles. The molecule has 1 saturated heterocycles. The molecule has 7 nitrogen and oxygen atoms in total. The second kappa shape index (κ2) is 14.2. The summed E-state index contributed by atoms with van der Waals surface area (Å²) in [4.78, 5) is 27.1. The van der Waals surface area contributed by atoms with E-state index in [9.17, 15) is 14.0 Å². The smallest absolute Gasteiger partial charge is 0.308 e. The van der Waals surface area contributed by atoms with E-state index < -0.39 is 0 Å². The molecule has 8 heteroatoms. The van der Waals surface area contributed by atoms with Crippen molar-refractivity contribution in [3.63, 3.8) is 0 Å². The van der Waals surface area contributed by atoms with E-state index in [1.807, 2.05) is 26.0 Å². The normalized spacial score (nSPS) is 22.6. The van der Waals surface area contributed by atoms with Gasteiger partial charge < -0.3 is 24.4 Å². The molecule has 4 rings (SSSR count). The van der Waals surface area contributed by atoms with Crippen LogP contribution in [0.25, 0.3) is 11.1 Å². The van der Waals surface area contributed by atoms with Gasteiger partial charge in [-0.15, -0.1) is 0 Å². The molecule has 1 saturated carbocycles. The minimum atomic E-state index is -0.284. The monoisotopic (exact) mass is 568 g/mol. The first kappa shape index (κ1) is 30.8. The number of rotatable bonds is 13. The summed E-state index contributed by atoms with van der Waals surface area (Å²) in [6.45, 7) is 9.29. The van der Waals surface area contributed by atoms with Crippen LogP contribution in [-0.2, 0) is 20.9 Å². The number of nitrogens with zero attached hydrogens (tertiary/aromatic N) is 1. The van der Waals surface area contributed by atoms with Crippen molar-refractivity contribution in [2.45, 2.75) is 78.3 Å². The second-order valence-corrected chi connectivity index (χ2v) is 11.3. The van der Waals surface area contributed by atoms with Crippen molar-refractivity contribution in [1.29, 1.82) is 0 Å². The zero-order valence-electron chi connectivity index (χ0n) is 25.0. The van der Waals surface area contributed by atoms with Gasteiger partial charge in [-0.2, -0.15) is 0 Å². The molecule has 0 aromatic heterocycles. The van der Waals surface area contributed by atoms with E-state index in [0.29, 0.717) is 37.7 Å². The van der Waals surface area contributed by atoms with Crippen LogP contribution in [0.4, 0.5) is 4.39 Å². The highest BCUT2D eigenvalue weighted by atomic mass is 19.1. The highest BCUT2D eigenvalue weighted by Crippen LogP contribution is 2.42. The number of esters is 1. The van der Waals surface area contributed by atoms with Gasteiger partial charge >= 0.3 is 5.97 Å². The Kier molecular flexibility index (Phi) is 10.6. The Labute approximate surface area is 243 Å². The van der Waals surface area contributed by atoms with Crippen molar-refractivity contribution in [3.05, 3.63) is 47.8 Å². The molecule has 1 unspecified atom stereocenters. The quantitative estimate of drug-likeness (QED) is 0.231. The van der Waals surface area contributed by atoms with Crippen molar-refractivity contribution in [1.82, 2.24) is 10.2 Å². The molecule has 1 atom stereocenters. The molecule has 1 N–H and O–H groups in total. The standard InChI is InChI=1S/C33H45FN2O5/c1-5-33(20-30(37)36(22-33)27-14-10-25(11-15-27)32(38)39-4)16-17-35-21-23-18-28(40-6-2)31(29(19-23)41-7-3)24-8-12-26(34)13-9-24/h8-9,12-13,18-19,25,27,35H,5-7,10-11,14-17,20-22H2,1-4H3. The predicted molar refractivity (Wildman–Crippen MR) is 157 cm³/mol. The summed E-state index contributed by atoms with van der Waals surface area (Å²) in [6, 6.07) is 10.7. The average molecular weight is 569 g/mol. The third kappa shape index (κ3) is 7.39. The topological polar surface area (TPSA) is 77.1 Å². The zero-order valence-corrected chi connectivity index (χ0v) is 25.0. The molecular formula is C33H45FN2O5. The van der Waals surface area contributed by atoms with Crippen LogP contribution in [0, 0.1) is 17.2 Å². The second-order valence-electron chi connectivity index (χ2n) is 11.3. The Morgan fingerprint density at radius 2 is 1.66 bits per heavy atom. The van der Waals surface area contributed by atoms with Gasteiger partial charge in [0.2, 0.25) is 5.91 Å². The van der Waals surface area contributed by atoms with Gasteiger partial charge in [-0.1, -0.05) is 19.1 Å². The van der Waals surface area contributed by atoms with E-state index in [1.54, 1.807) is 12.1 Å². The van der Waals surface area contributed by atoms with Crippen molar-refractivity contribution in [2.75, 3.05) is 33.4 Å². The Morgan fingerprint density at radius 1 is 1.02 bits per heavy atom. The molecule has 2 fully saturated rings. The molecule has 2 aromatic carbocycles. The third-order valence-electron chi connectivity index (χ3n) is 8.79. The number of carbonyl (C=O) groups excluding carboxylic acids is 2. The fraction of sp³-hybridized carbons (Fsp3) is 0.576. The van der Waals surface area contributed by atoms with Crippen molar-refractivity contribution in [3.8, 4) is 22.6 Å². The molecule has 1 aliphatic heterocycles. The minimum Gasteiger partial charge on any atom is -0.493 e. The molecule has 2 aromatic rings. The lowest BCUT2D eigenvalue weighted by Crippen LogP contribution is -2.41. The summed E-state index contributed by atoms with van der Waals surface area (Å²) in [5, 5.41) is 3.59. The molecule has 41 heavy (non-hydrogen) atoms. The lowest BCUT2D eigenvalue weighted by Gasteiger charge is -2.35. The number of benzene rings is 2. The number of amides is 1. The maximum Gasteiger partial charge on any atom is 0.308 e. The number of likely N-dealkylation sites (tertiary alicyclic amines) is 1. The van der Waals surface area contributed by atoms with Gasteiger partial charge in [0.15, 0.2) is 0 Å². The fourth-order valence-corrected chi connectivity index (χ4v) is 6.40. The SMILES string of the molecule is CCOc1cc(CNCCC2(CC)CC(=O)N(C3CCC(C(=O)OC)CC3)C2)cc(OCC)c1-c1ccc(F)cc1. The summed E-state index contributed by atoms with van der Waals surface area (Å²) >= 11 is 0. The van der Waals surface area contributed by atoms with Crippen LogP contribution < -0.4 is 14.8 Å². The molecule has 0 bridgehead atoms. The highest BCUT2D eigenvalue weighted by Gasteiger charge is 2.44. The minimum absolute atomic E-state index is 0.0367. The van der Waals surface area contributed by atoms with Crippen LogP contribution in [-0.4, -0.2) is 56.2 Å². The maximum atomic E-state index is 13.6. The van der Waals surface area contributed by atoms with Crippen molar-refractivity contribution in [2.24, 2.45) is 11.3 Å². The van der Waals surface area contributed by atoms with Crippen LogP contribution in [0.2, 0.25) is 0 Å². The number of hydrogen-bond donors (Lipinski definition) is 1. The Hall–Kier alpha value is -3.13. The molecule has 0 spiro atoms. The molecule has 2 aliphatic rings. The summed E-state index contributed by atoms with van der Waals surface area (Å²) in [5.74, 6) is 1.22. The van der Waals surface area contributed by atoms with Crippen LogP contribution in [0.1, 0.15) is 71.3 Å². The van der Waals surface area contributed by atoms with Gasteiger partial charge in [-0.25, -0.2) is 4.39 Å². The van der Waals surface area contributed by atoms with Crippen LogP contribution in [0.5, 0.6) is 11.5 Å². The van der Waals surface area contributed by atoms with Crippen molar-refractivity contribution < 1.29 is 28.2 Å². The number of hydrogen-bond acceptors (Lipinski definition) is 6. The van der Waals surface area contributed by atoms with Crippen LogP contribution >= 0.6 is 0 Å². The van der Waals surface area contributed by atoms with E-state index in [1.165, 1.54) is 19.2 Å². The number of methoxy groups -OCH3 is 1. The Morgan fingerprint density at radius 3 is 2.22 bits per heavy atom. The Bertz CT molecular complexity index is 1150. The molecule has 224 valence electrons. The predicted octanol–water partition coefficient (Wildman–Crippen LogP) is 6.13. The maximum absolute atomic E-state index is 13.6. The van der Waals surface area contributed by atoms with E-state index in [2.05, 4.69) is 17.1 Å². The number of nitrogens with one attached hydrogen (secondary N) is 1. The molecule has 1 heterocycles. The zero-order chi connectivity index (χ0) is 29.4. The van der Waals surface area contributed by atoms with Crippen LogP contribution in [0.15, 0.2) is 36.4 Å². The molecule has 1 amide bonds. The summed E-state index contributed by atoms with van der Waals surface area (Å²) in [7, 11) is 1.45. The number of ether oxygens (including phenoxy) is 3. The van der Waals surface area contributed by atoms with E-state index in [-0.39, 0.29) is 35.1 Å². The van der Waals surface area contributed by atoms with Crippen molar-refractivity contribution >= 4 is 11.9 Å². The lowest BCUT2D eigenvalue weighted by atomic mass is 9.80.